The van der Waals surface area contributed by atoms with Gasteiger partial charge >= 0.3 is 0 Å². The lowest BCUT2D eigenvalue weighted by molar-refractivity contribution is 0.414. The summed E-state index contributed by atoms with van der Waals surface area (Å²) in [5.41, 5.74) is 3.02. The van der Waals surface area contributed by atoms with Crippen LogP contribution in [0.2, 0.25) is 0 Å². The summed E-state index contributed by atoms with van der Waals surface area (Å²) in [6.45, 7) is 4.69. The van der Waals surface area contributed by atoms with E-state index in [0.717, 1.165) is 23.5 Å². The molecule has 0 amide bonds. The highest BCUT2D eigenvalue weighted by Gasteiger charge is 2.07. The average molecular weight is 246 g/mol. The molecule has 0 fully saturated rings. The van der Waals surface area contributed by atoms with Gasteiger partial charge in [-0.1, -0.05) is 0 Å². The zero-order chi connectivity index (χ0) is 13.1. The van der Waals surface area contributed by atoms with Crippen molar-refractivity contribution < 1.29 is 4.74 Å². The Labute approximate surface area is 107 Å². The Balaban J connectivity index is 2.25. The van der Waals surface area contributed by atoms with Gasteiger partial charge in [-0.15, -0.1) is 0 Å². The summed E-state index contributed by atoms with van der Waals surface area (Å²) in [6.07, 6.45) is 0. The Morgan fingerprint density at radius 3 is 2.61 bits per heavy atom. The maximum absolute atomic E-state index is 5.76. The smallest absolute Gasteiger partial charge is 0.221 e. The van der Waals surface area contributed by atoms with Gasteiger partial charge in [-0.2, -0.15) is 5.10 Å². The Morgan fingerprint density at radius 1 is 1.22 bits per heavy atom. The Morgan fingerprint density at radius 2 is 2.00 bits per heavy atom. The summed E-state index contributed by atoms with van der Waals surface area (Å²) in [6, 6.07) is 5.87. The van der Waals surface area contributed by atoms with Gasteiger partial charge < -0.3 is 10.1 Å². The van der Waals surface area contributed by atoms with Gasteiger partial charge in [-0.05, 0) is 32.5 Å². The number of hydrogen-bond acceptors (Lipinski definition) is 4. The molecule has 18 heavy (non-hydrogen) atoms. The molecule has 0 aliphatic rings. The molecular formula is C13H18N4O. The minimum absolute atomic E-state index is 0.600. The number of pyridine rings is 1. The first-order valence-electron chi connectivity index (χ1n) is 5.89. The normalized spacial score (nSPS) is 10.7. The largest absolute Gasteiger partial charge is 0.421 e. The van der Waals surface area contributed by atoms with Crippen LogP contribution in [-0.2, 0) is 13.6 Å². The first-order valence-corrected chi connectivity index (χ1v) is 5.89. The van der Waals surface area contributed by atoms with Crippen LogP contribution < -0.4 is 10.1 Å². The zero-order valence-electron chi connectivity index (χ0n) is 11.2. The van der Waals surface area contributed by atoms with Crippen molar-refractivity contribution in [2.45, 2.75) is 20.4 Å². The Hall–Kier alpha value is -1.88. The van der Waals surface area contributed by atoms with Crippen molar-refractivity contribution in [3.63, 3.8) is 0 Å². The van der Waals surface area contributed by atoms with Crippen molar-refractivity contribution in [2.24, 2.45) is 7.05 Å². The number of hydrogen-bond donors (Lipinski definition) is 1. The summed E-state index contributed by atoms with van der Waals surface area (Å²) in [5, 5.41) is 7.36. The number of nitrogens with one attached hydrogen (secondary N) is 1. The molecule has 1 N–H and O–H groups in total. The van der Waals surface area contributed by atoms with Gasteiger partial charge in [0, 0.05) is 31.4 Å². The molecule has 0 aliphatic carbocycles. The second-order valence-corrected chi connectivity index (χ2v) is 4.33. The molecular weight excluding hydrogens is 228 g/mol. The van der Waals surface area contributed by atoms with E-state index in [1.165, 1.54) is 0 Å². The molecule has 0 aliphatic heterocycles. The molecule has 0 bridgehead atoms. The van der Waals surface area contributed by atoms with Crippen LogP contribution in [-0.4, -0.2) is 21.8 Å². The van der Waals surface area contributed by atoms with Gasteiger partial charge in [-0.25, -0.2) is 9.67 Å². The predicted octanol–water partition coefficient (Wildman–Crippen LogP) is 1.94. The molecule has 0 radical (unpaired) electrons. The molecule has 0 aromatic carbocycles. The average Bonchev–Trinajstić information content (AvgIpc) is 2.57. The lowest BCUT2D eigenvalue weighted by Gasteiger charge is -2.08. The van der Waals surface area contributed by atoms with Crippen molar-refractivity contribution >= 4 is 0 Å². The SMILES string of the molecule is CNCc1cc(C)nc(Oc2cc(C)nn2C)c1. The highest BCUT2D eigenvalue weighted by molar-refractivity contribution is 5.28. The second kappa shape index (κ2) is 5.18. The molecule has 2 heterocycles. The Bertz CT molecular complexity index is 548. The molecule has 2 rings (SSSR count). The first kappa shape index (κ1) is 12.6. The molecule has 0 saturated heterocycles. The summed E-state index contributed by atoms with van der Waals surface area (Å²) in [4.78, 5) is 4.37. The van der Waals surface area contributed by atoms with Gasteiger partial charge in [-0.3, -0.25) is 0 Å². The third-order valence-corrected chi connectivity index (χ3v) is 2.54. The van der Waals surface area contributed by atoms with Gasteiger partial charge in [0.15, 0.2) is 0 Å². The number of aromatic nitrogens is 3. The highest BCUT2D eigenvalue weighted by Crippen LogP contribution is 2.21. The molecule has 2 aromatic rings. The van der Waals surface area contributed by atoms with Crippen molar-refractivity contribution in [3.05, 3.63) is 35.2 Å². The molecule has 0 saturated carbocycles. The van der Waals surface area contributed by atoms with Crippen LogP contribution in [0.4, 0.5) is 0 Å². The molecule has 5 nitrogen and oxygen atoms in total. The fourth-order valence-corrected chi connectivity index (χ4v) is 1.85. The van der Waals surface area contributed by atoms with Crippen LogP contribution in [0, 0.1) is 13.8 Å². The summed E-state index contributed by atoms with van der Waals surface area (Å²) >= 11 is 0. The van der Waals surface area contributed by atoms with Crippen LogP contribution >= 0.6 is 0 Å². The van der Waals surface area contributed by atoms with E-state index in [0.29, 0.717) is 11.8 Å². The highest BCUT2D eigenvalue weighted by atomic mass is 16.5. The molecule has 5 heteroatoms. The Kier molecular flexibility index (Phi) is 3.62. The maximum atomic E-state index is 5.76. The first-order chi connectivity index (χ1) is 8.58. The number of nitrogens with zero attached hydrogens (tertiary/aromatic N) is 3. The van der Waals surface area contributed by atoms with Crippen molar-refractivity contribution in [2.75, 3.05) is 7.05 Å². The van der Waals surface area contributed by atoms with Crippen LogP contribution in [0.15, 0.2) is 18.2 Å². The van der Waals surface area contributed by atoms with E-state index in [-0.39, 0.29) is 0 Å². The molecule has 96 valence electrons. The van der Waals surface area contributed by atoms with Crippen LogP contribution in [0.5, 0.6) is 11.8 Å². The summed E-state index contributed by atoms with van der Waals surface area (Å²) < 4.78 is 7.46. The van der Waals surface area contributed by atoms with E-state index in [9.17, 15) is 0 Å². The molecule has 2 aromatic heterocycles. The maximum Gasteiger partial charge on any atom is 0.221 e. The van der Waals surface area contributed by atoms with Crippen molar-refractivity contribution in [1.82, 2.24) is 20.1 Å². The molecule has 0 spiro atoms. The van der Waals surface area contributed by atoms with E-state index >= 15 is 0 Å². The van der Waals surface area contributed by atoms with Crippen molar-refractivity contribution in [3.8, 4) is 11.8 Å². The quantitative estimate of drug-likeness (QED) is 0.895. The molecule has 0 atom stereocenters. The summed E-state index contributed by atoms with van der Waals surface area (Å²) in [5.74, 6) is 1.30. The lowest BCUT2D eigenvalue weighted by atomic mass is 10.2. The summed E-state index contributed by atoms with van der Waals surface area (Å²) in [7, 11) is 3.77. The van der Waals surface area contributed by atoms with E-state index in [4.69, 9.17) is 4.74 Å². The van der Waals surface area contributed by atoms with Gasteiger partial charge in [0.05, 0.1) is 5.69 Å². The molecule has 0 unspecified atom stereocenters. The van der Waals surface area contributed by atoms with E-state index in [1.807, 2.05) is 46.1 Å². The van der Waals surface area contributed by atoms with Crippen LogP contribution in [0.1, 0.15) is 17.0 Å². The van der Waals surface area contributed by atoms with Gasteiger partial charge in [0.25, 0.3) is 0 Å². The van der Waals surface area contributed by atoms with Crippen LogP contribution in [0.3, 0.4) is 0 Å². The fourth-order valence-electron chi connectivity index (χ4n) is 1.85. The predicted molar refractivity (Wildman–Crippen MR) is 69.8 cm³/mol. The number of ether oxygens (including phenoxy) is 1. The topological polar surface area (TPSA) is 52.0 Å². The fraction of sp³-hybridized carbons (Fsp3) is 0.385. The minimum Gasteiger partial charge on any atom is -0.421 e. The third kappa shape index (κ3) is 2.87. The lowest BCUT2D eigenvalue weighted by Crippen LogP contribution is -2.06. The van der Waals surface area contributed by atoms with Gasteiger partial charge in [0.2, 0.25) is 11.8 Å². The second-order valence-electron chi connectivity index (χ2n) is 4.33. The zero-order valence-corrected chi connectivity index (χ0v) is 11.2. The number of rotatable bonds is 4. The van der Waals surface area contributed by atoms with E-state index in [2.05, 4.69) is 15.4 Å². The monoisotopic (exact) mass is 246 g/mol. The standard InChI is InChI=1S/C13H18N4O/c1-9-5-11(8-14-3)7-12(15-9)18-13-6-10(2)16-17(13)4/h5-7,14H,8H2,1-4H3. The van der Waals surface area contributed by atoms with Gasteiger partial charge in [0.1, 0.15) is 0 Å². The van der Waals surface area contributed by atoms with Crippen LogP contribution in [0.25, 0.3) is 0 Å². The van der Waals surface area contributed by atoms with E-state index < -0.39 is 0 Å². The third-order valence-electron chi connectivity index (χ3n) is 2.54. The van der Waals surface area contributed by atoms with E-state index in [1.54, 1.807) is 4.68 Å². The van der Waals surface area contributed by atoms with Crippen molar-refractivity contribution in [1.29, 1.82) is 0 Å². The minimum atomic E-state index is 0.600. The number of aryl methyl sites for hydroxylation is 3.